The molecule has 1 aromatic carbocycles. The smallest absolute Gasteiger partial charge is 0.303 e. The molecule has 0 unspecified atom stereocenters. The van der Waals surface area contributed by atoms with E-state index < -0.39 is 48.0 Å². The van der Waals surface area contributed by atoms with Crippen molar-refractivity contribution in [3.63, 3.8) is 0 Å². The quantitative estimate of drug-likeness (QED) is 0.365. The molecule has 0 bridgehead atoms. The standard InChI is InChI=1S/C25H29NO12/c1-12(27)35-11-19-22(36-13(2)28)23(37-14(3)29)25(38-19)26-8-7-16(30)20(24(26)31)15-9-17(32-4)21(34-6)18(10-15)33-5/h7-10,19,22-23,25,30H,11H2,1-6H3/t19-,22-,23-,25-/m1/s1. The number of benzene rings is 1. The van der Waals surface area contributed by atoms with E-state index >= 15 is 0 Å². The number of nitrogens with zero attached hydrogens (tertiary/aromatic N) is 1. The van der Waals surface area contributed by atoms with Gasteiger partial charge in [-0.05, 0) is 23.8 Å². The lowest BCUT2D eigenvalue weighted by atomic mass is 10.0. The Balaban J connectivity index is 2.16. The molecular weight excluding hydrogens is 506 g/mol. The van der Waals surface area contributed by atoms with Gasteiger partial charge in [0.25, 0.3) is 5.56 Å². The van der Waals surface area contributed by atoms with Crippen molar-refractivity contribution < 1.29 is 52.6 Å². The molecular formula is C25H29NO12. The minimum atomic E-state index is -1.31. The Morgan fingerprint density at radius 1 is 0.921 bits per heavy atom. The average Bonchev–Trinajstić information content (AvgIpc) is 3.17. The number of hydrogen-bond donors (Lipinski definition) is 1. The predicted octanol–water partition coefficient (Wildman–Crippen LogP) is 1.57. The number of rotatable bonds is 9. The fourth-order valence-electron chi connectivity index (χ4n) is 4.15. The lowest BCUT2D eigenvalue weighted by molar-refractivity contribution is -0.166. The van der Waals surface area contributed by atoms with Crippen LogP contribution in [0.25, 0.3) is 11.1 Å². The second kappa shape index (κ2) is 11.9. The van der Waals surface area contributed by atoms with Gasteiger partial charge in [-0.3, -0.25) is 23.7 Å². The summed E-state index contributed by atoms with van der Waals surface area (Å²) in [5.41, 5.74) is -0.660. The number of hydrogen-bond acceptors (Lipinski definition) is 12. The number of aromatic nitrogens is 1. The van der Waals surface area contributed by atoms with Gasteiger partial charge in [0.2, 0.25) is 5.75 Å². The lowest BCUT2D eigenvalue weighted by Crippen LogP contribution is -2.41. The molecule has 206 valence electrons. The molecule has 0 spiro atoms. The minimum absolute atomic E-state index is 0.149. The van der Waals surface area contributed by atoms with Crippen molar-refractivity contribution in [3.8, 4) is 34.1 Å². The highest BCUT2D eigenvalue weighted by Gasteiger charge is 2.51. The zero-order chi connectivity index (χ0) is 28.1. The first-order chi connectivity index (χ1) is 18.0. The van der Waals surface area contributed by atoms with Gasteiger partial charge in [0, 0.05) is 27.0 Å². The maximum Gasteiger partial charge on any atom is 0.303 e. The van der Waals surface area contributed by atoms with Gasteiger partial charge in [-0.25, -0.2) is 0 Å². The fourth-order valence-corrected chi connectivity index (χ4v) is 4.15. The van der Waals surface area contributed by atoms with Crippen LogP contribution >= 0.6 is 0 Å². The Kier molecular flexibility index (Phi) is 8.84. The van der Waals surface area contributed by atoms with Crippen molar-refractivity contribution in [2.24, 2.45) is 0 Å². The Bertz CT molecular complexity index is 1240. The van der Waals surface area contributed by atoms with E-state index in [1.54, 1.807) is 0 Å². The summed E-state index contributed by atoms with van der Waals surface area (Å²) in [6.45, 7) is 3.14. The van der Waals surface area contributed by atoms with Crippen LogP contribution in [0.2, 0.25) is 0 Å². The van der Waals surface area contributed by atoms with Crippen LogP contribution in [0.4, 0.5) is 0 Å². The summed E-state index contributed by atoms with van der Waals surface area (Å²) in [6.07, 6.45) is -3.63. The number of carbonyl (C=O) groups excluding carboxylic acids is 3. The van der Waals surface area contributed by atoms with E-state index in [0.29, 0.717) is 0 Å². The van der Waals surface area contributed by atoms with Crippen LogP contribution in [0.15, 0.2) is 29.2 Å². The van der Waals surface area contributed by atoms with Crippen LogP contribution in [0.5, 0.6) is 23.0 Å². The van der Waals surface area contributed by atoms with Crippen LogP contribution in [-0.4, -0.2) is 73.8 Å². The van der Waals surface area contributed by atoms with Crippen molar-refractivity contribution in [3.05, 3.63) is 34.7 Å². The highest BCUT2D eigenvalue weighted by Crippen LogP contribution is 2.42. The normalized spacial score (nSPS) is 20.4. The molecule has 0 saturated carbocycles. The third-order valence-corrected chi connectivity index (χ3v) is 5.67. The number of methoxy groups -OCH3 is 3. The largest absolute Gasteiger partial charge is 0.507 e. The molecule has 0 amide bonds. The molecule has 2 heterocycles. The van der Waals surface area contributed by atoms with Crippen LogP contribution in [0.3, 0.4) is 0 Å². The fraction of sp³-hybridized carbons (Fsp3) is 0.440. The van der Waals surface area contributed by atoms with Gasteiger partial charge in [0.05, 0.1) is 26.9 Å². The van der Waals surface area contributed by atoms with Gasteiger partial charge in [-0.2, -0.15) is 0 Å². The Labute approximate surface area is 217 Å². The second-order valence-electron chi connectivity index (χ2n) is 8.22. The van der Waals surface area contributed by atoms with Crippen molar-refractivity contribution in [1.82, 2.24) is 4.57 Å². The van der Waals surface area contributed by atoms with Gasteiger partial charge < -0.3 is 38.3 Å². The third-order valence-electron chi connectivity index (χ3n) is 5.67. The van der Waals surface area contributed by atoms with Crippen molar-refractivity contribution in [1.29, 1.82) is 0 Å². The molecule has 4 atom stereocenters. The van der Waals surface area contributed by atoms with Crippen LogP contribution < -0.4 is 19.8 Å². The highest BCUT2D eigenvalue weighted by atomic mass is 16.7. The zero-order valence-corrected chi connectivity index (χ0v) is 21.7. The van der Waals surface area contributed by atoms with E-state index in [1.165, 1.54) is 52.6 Å². The molecule has 1 fully saturated rings. The van der Waals surface area contributed by atoms with Gasteiger partial charge >= 0.3 is 17.9 Å². The van der Waals surface area contributed by atoms with Crippen molar-refractivity contribution in [2.75, 3.05) is 27.9 Å². The molecule has 0 radical (unpaired) electrons. The molecule has 0 aliphatic carbocycles. The first-order valence-corrected chi connectivity index (χ1v) is 11.4. The van der Waals surface area contributed by atoms with E-state index in [4.69, 9.17) is 33.2 Å². The SMILES string of the molecule is COc1cc(-c2c(O)ccn([C@@H]3O[C@H](COC(C)=O)[C@@H](OC(C)=O)[C@H]3OC(C)=O)c2=O)cc(OC)c1OC. The van der Waals surface area contributed by atoms with Gasteiger partial charge in [0.15, 0.2) is 29.9 Å². The van der Waals surface area contributed by atoms with E-state index in [9.17, 15) is 24.3 Å². The maximum absolute atomic E-state index is 13.7. The molecule has 13 nitrogen and oxygen atoms in total. The highest BCUT2D eigenvalue weighted by molar-refractivity contribution is 5.74. The molecule has 1 saturated heterocycles. The number of pyridine rings is 1. The van der Waals surface area contributed by atoms with Crippen LogP contribution in [0, 0.1) is 0 Å². The summed E-state index contributed by atoms with van der Waals surface area (Å²) in [5, 5.41) is 10.7. The summed E-state index contributed by atoms with van der Waals surface area (Å²) in [4.78, 5) is 48.9. The number of carbonyl (C=O) groups is 3. The van der Waals surface area contributed by atoms with E-state index in [2.05, 4.69) is 0 Å². The molecule has 13 heteroatoms. The first kappa shape index (κ1) is 28.3. The first-order valence-electron chi connectivity index (χ1n) is 11.4. The lowest BCUT2D eigenvalue weighted by Gasteiger charge is -2.24. The monoisotopic (exact) mass is 535 g/mol. The topological polar surface area (TPSA) is 158 Å². The van der Waals surface area contributed by atoms with E-state index in [0.717, 1.165) is 18.4 Å². The summed E-state index contributed by atoms with van der Waals surface area (Å²) >= 11 is 0. The summed E-state index contributed by atoms with van der Waals surface area (Å²) in [6, 6.07) is 4.20. The summed E-state index contributed by atoms with van der Waals surface area (Å²) in [5.74, 6) is -1.67. The number of aromatic hydroxyl groups is 1. The van der Waals surface area contributed by atoms with E-state index in [1.807, 2.05) is 0 Å². The molecule has 3 rings (SSSR count). The molecule has 38 heavy (non-hydrogen) atoms. The second-order valence-corrected chi connectivity index (χ2v) is 8.22. The average molecular weight is 536 g/mol. The predicted molar refractivity (Wildman–Crippen MR) is 129 cm³/mol. The number of esters is 3. The number of ether oxygens (including phenoxy) is 7. The van der Waals surface area contributed by atoms with Crippen molar-refractivity contribution in [2.45, 2.75) is 45.3 Å². The van der Waals surface area contributed by atoms with Gasteiger partial charge in [-0.1, -0.05) is 0 Å². The maximum atomic E-state index is 13.7. The van der Waals surface area contributed by atoms with Crippen LogP contribution in [-0.2, 0) is 33.3 Å². The van der Waals surface area contributed by atoms with E-state index in [-0.39, 0.29) is 40.7 Å². The van der Waals surface area contributed by atoms with Crippen LogP contribution in [0.1, 0.15) is 27.0 Å². The molecule has 1 N–H and O–H groups in total. The summed E-state index contributed by atoms with van der Waals surface area (Å²) < 4.78 is 38.8. The minimum Gasteiger partial charge on any atom is -0.507 e. The van der Waals surface area contributed by atoms with Gasteiger partial charge in [-0.15, -0.1) is 0 Å². The Morgan fingerprint density at radius 3 is 2.00 bits per heavy atom. The molecule has 1 aliphatic rings. The molecule has 2 aromatic rings. The molecule has 1 aromatic heterocycles. The van der Waals surface area contributed by atoms with Crippen molar-refractivity contribution >= 4 is 17.9 Å². The molecule has 1 aliphatic heterocycles. The Hall–Kier alpha value is -4.26. The third kappa shape index (κ3) is 5.83. The summed E-state index contributed by atoms with van der Waals surface area (Å²) in [7, 11) is 4.22. The Morgan fingerprint density at radius 2 is 1.50 bits per heavy atom. The zero-order valence-electron chi connectivity index (χ0n) is 21.7. The van der Waals surface area contributed by atoms with Gasteiger partial charge in [0.1, 0.15) is 18.5 Å².